The molecule has 0 spiro atoms. The zero-order chi connectivity index (χ0) is 24.4. The fourth-order valence-electron chi connectivity index (χ4n) is 4.39. The van der Waals surface area contributed by atoms with Gasteiger partial charge in [0.15, 0.2) is 5.78 Å². The van der Waals surface area contributed by atoms with E-state index in [1.165, 1.54) is 25.4 Å². The minimum atomic E-state index is -0.432. The molecule has 1 aliphatic rings. The van der Waals surface area contributed by atoms with E-state index in [-0.39, 0.29) is 41.5 Å². The maximum Gasteiger partial charge on any atom is 0.270 e. The van der Waals surface area contributed by atoms with Crippen molar-refractivity contribution in [2.75, 3.05) is 5.32 Å². The van der Waals surface area contributed by atoms with Crippen LogP contribution in [0.25, 0.3) is 0 Å². The first-order valence-corrected chi connectivity index (χ1v) is 11.0. The third-order valence-corrected chi connectivity index (χ3v) is 6.22. The van der Waals surface area contributed by atoms with Gasteiger partial charge in [-0.05, 0) is 67.5 Å². The number of hydrogen-bond acceptors (Lipinski definition) is 5. The summed E-state index contributed by atoms with van der Waals surface area (Å²) >= 11 is 0. The maximum absolute atomic E-state index is 13.4. The Bertz CT molecular complexity index is 1310. The fourth-order valence-corrected chi connectivity index (χ4v) is 4.39. The first kappa shape index (κ1) is 23.2. The highest BCUT2D eigenvalue weighted by Crippen LogP contribution is 2.37. The summed E-state index contributed by atoms with van der Waals surface area (Å²) in [5, 5.41) is 5.52. The summed E-state index contributed by atoms with van der Waals surface area (Å²) in [6, 6.07) is 9.68. The predicted molar refractivity (Wildman–Crippen MR) is 125 cm³/mol. The molecule has 2 aromatic carbocycles. The van der Waals surface area contributed by atoms with Gasteiger partial charge < -0.3 is 10.6 Å². The Morgan fingerprint density at radius 2 is 1.88 bits per heavy atom. The van der Waals surface area contributed by atoms with E-state index < -0.39 is 5.91 Å². The molecule has 2 N–H and O–H groups in total. The number of rotatable bonds is 6. The molecule has 2 amide bonds. The van der Waals surface area contributed by atoms with E-state index >= 15 is 0 Å². The summed E-state index contributed by atoms with van der Waals surface area (Å²) in [5.74, 6) is -1.07. The first-order valence-electron chi connectivity index (χ1n) is 11.0. The Balaban J connectivity index is 1.43. The van der Waals surface area contributed by atoms with Crippen molar-refractivity contribution in [2.45, 2.75) is 46.1 Å². The number of nitrogens with zero attached hydrogens (tertiary/aromatic N) is 2. The van der Waals surface area contributed by atoms with Crippen LogP contribution in [0.3, 0.4) is 0 Å². The highest BCUT2D eigenvalue weighted by atomic mass is 19.1. The van der Waals surface area contributed by atoms with Gasteiger partial charge in [0, 0.05) is 18.2 Å². The third-order valence-electron chi connectivity index (χ3n) is 6.22. The monoisotopic (exact) mass is 460 g/mol. The Labute approximate surface area is 196 Å². The summed E-state index contributed by atoms with van der Waals surface area (Å²) in [5.41, 5.74) is 4.95. The number of halogens is 1. The Morgan fingerprint density at radius 1 is 1.09 bits per heavy atom. The van der Waals surface area contributed by atoms with Crippen molar-refractivity contribution in [1.29, 1.82) is 0 Å². The zero-order valence-electron chi connectivity index (χ0n) is 19.2. The smallest absolute Gasteiger partial charge is 0.270 e. The van der Waals surface area contributed by atoms with E-state index in [4.69, 9.17) is 0 Å². The van der Waals surface area contributed by atoms with Gasteiger partial charge in [-0.15, -0.1) is 0 Å². The van der Waals surface area contributed by atoms with Crippen molar-refractivity contribution >= 4 is 23.4 Å². The number of hydrogen-bond donors (Lipinski definition) is 2. The lowest BCUT2D eigenvalue weighted by atomic mass is 9.94. The van der Waals surface area contributed by atoms with Crippen molar-refractivity contribution in [1.82, 2.24) is 15.3 Å². The minimum Gasteiger partial charge on any atom is -0.347 e. The molecule has 34 heavy (non-hydrogen) atoms. The standard InChI is InChI=1S/C26H25FN4O3/c1-14-10-17(4-9-22(14)27)12-28-26(34)23-11-24(30-13-29-23)31-25(33)21-8-6-19-15(2)18(16(3)32)5-7-20(19)21/h4-5,7,9-11,13,21H,6,8,12H2,1-3H3,(H,28,34)(H,29,30,31,33)/t21-/m0/s1. The molecule has 0 fully saturated rings. The van der Waals surface area contributed by atoms with Gasteiger partial charge in [-0.1, -0.05) is 24.3 Å². The molecule has 1 aliphatic carbocycles. The Kier molecular flexibility index (Phi) is 6.49. The van der Waals surface area contributed by atoms with Crippen LogP contribution in [-0.4, -0.2) is 27.6 Å². The molecule has 3 aromatic rings. The molecule has 0 aliphatic heterocycles. The van der Waals surface area contributed by atoms with Gasteiger partial charge in [-0.2, -0.15) is 0 Å². The zero-order valence-corrected chi connectivity index (χ0v) is 19.2. The largest absolute Gasteiger partial charge is 0.347 e. The molecule has 7 nitrogen and oxygen atoms in total. The average molecular weight is 461 g/mol. The van der Waals surface area contributed by atoms with Crippen LogP contribution in [0, 0.1) is 19.7 Å². The van der Waals surface area contributed by atoms with Crippen molar-refractivity contribution < 1.29 is 18.8 Å². The fraction of sp³-hybridized carbons (Fsp3) is 0.269. The number of amides is 2. The van der Waals surface area contributed by atoms with E-state index in [1.54, 1.807) is 25.1 Å². The molecular formula is C26H25FN4O3. The van der Waals surface area contributed by atoms with Gasteiger partial charge >= 0.3 is 0 Å². The molecule has 1 heterocycles. The van der Waals surface area contributed by atoms with Crippen LogP contribution in [0.15, 0.2) is 42.7 Å². The van der Waals surface area contributed by atoms with Gasteiger partial charge in [0.05, 0.1) is 5.92 Å². The third kappa shape index (κ3) is 4.71. The van der Waals surface area contributed by atoms with Gasteiger partial charge in [0.1, 0.15) is 23.7 Å². The van der Waals surface area contributed by atoms with E-state index in [0.717, 1.165) is 28.7 Å². The molecule has 1 aromatic heterocycles. The molecule has 0 unspecified atom stereocenters. The van der Waals surface area contributed by atoms with E-state index in [0.29, 0.717) is 17.5 Å². The molecule has 8 heteroatoms. The molecule has 1 atom stereocenters. The summed E-state index contributed by atoms with van der Waals surface area (Å²) in [6.07, 6.45) is 2.58. The summed E-state index contributed by atoms with van der Waals surface area (Å²) in [7, 11) is 0. The van der Waals surface area contributed by atoms with Gasteiger partial charge in [0.25, 0.3) is 5.91 Å². The lowest BCUT2D eigenvalue weighted by molar-refractivity contribution is -0.117. The SMILES string of the molecule is CC(=O)c1ccc2c(c1C)CC[C@@H]2C(=O)Nc1cc(C(=O)NCc2ccc(F)c(C)c2)ncn1. The number of aryl methyl sites for hydroxylation is 1. The first-order chi connectivity index (χ1) is 16.2. The van der Waals surface area contributed by atoms with Crippen LogP contribution < -0.4 is 10.6 Å². The number of ketones is 1. The van der Waals surface area contributed by atoms with Crippen LogP contribution in [-0.2, 0) is 17.8 Å². The Hall–Kier alpha value is -3.94. The topological polar surface area (TPSA) is 101 Å². The Morgan fingerprint density at radius 3 is 2.62 bits per heavy atom. The number of Topliss-reactive ketones (excluding diaryl/α,β-unsaturated/α-hetero) is 1. The number of anilines is 1. The number of benzene rings is 2. The number of aromatic nitrogens is 2. The van der Waals surface area contributed by atoms with Crippen LogP contribution in [0.2, 0.25) is 0 Å². The quantitative estimate of drug-likeness (QED) is 0.541. The van der Waals surface area contributed by atoms with Crippen LogP contribution >= 0.6 is 0 Å². The van der Waals surface area contributed by atoms with Crippen LogP contribution in [0.4, 0.5) is 10.2 Å². The molecule has 0 saturated heterocycles. The predicted octanol–water partition coefficient (Wildman–Crippen LogP) is 4.03. The molecule has 0 saturated carbocycles. The molecule has 0 bridgehead atoms. The highest BCUT2D eigenvalue weighted by Gasteiger charge is 2.31. The van der Waals surface area contributed by atoms with Crippen molar-refractivity contribution in [3.8, 4) is 0 Å². The number of nitrogens with one attached hydrogen (secondary N) is 2. The molecule has 174 valence electrons. The van der Waals surface area contributed by atoms with Gasteiger partial charge in [-0.25, -0.2) is 14.4 Å². The number of carbonyl (C=O) groups is 3. The summed E-state index contributed by atoms with van der Waals surface area (Å²) in [4.78, 5) is 45.4. The minimum absolute atomic E-state index is 0.00885. The highest BCUT2D eigenvalue weighted by molar-refractivity contribution is 5.99. The van der Waals surface area contributed by atoms with Crippen LogP contribution in [0.1, 0.15) is 67.9 Å². The molecule has 4 rings (SSSR count). The van der Waals surface area contributed by atoms with E-state index in [9.17, 15) is 18.8 Å². The maximum atomic E-state index is 13.4. The van der Waals surface area contributed by atoms with Crippen LogP contribution in [0.5, 0.6) is 0 Å². The van der Waals surface area contributed by atoms with Gasteiger partial charge in [0.2, 0.25) is 5.91 Å². The van der Waals surface area contributed by atoms with Gasteiger partial charge in [-0.3, -0.25) is 14.4 Å². The lowest BCUT2D eigenvalue weighted by Gasteiger charge is -2.14. The molecular weight excluding hydrogens is 435 g/mol. The van der Waals surface area contributed by atoms with Crippen molar-refractivity contribution in [3.05, 3.63) is 87.6 Å². The number of fused-ring (bicyclic) bond motifs is 1. The average Bonchev–Trinajstić information content (AvgIpc) is 3.25. The van der Waals surface area contributed by atoms with Crippen molar-refractivity contribution in [3.63, 3.8) is 0 Å². The van der Waals surface area contributed by atoms with E-state index in [2.05, 4.69) is 20.6 Å². The van der Waals surface area contributed by atoms with Crippen molar-refractivity contribution in [2.24, 2.45) is 0 Å². The summed E-state index contributed by atoms with van der Waals surface area (Å²) < 4.78 is 13.4. The second-order valence-electron chi connectivity index (χ2n) is 8.50. The number of carbonyl (C=O) groups excluding carboxylic acids is 3. The van der Waals surface area contributed by atoms with E-state index in [1.807, 2.05) is 13.0 Å². The molecule has 0 radical (unpaired) electrons. The normalized spacial score (nSPS) is 14.4. The lowest BCUT2D eigenvalue weighted by Crippen LogP contribution is -2.25. The second kappa shape index (κ2) is 9.51. The summed E-state index contributed by atoms with van der Waals surface area (Å²) in [6.45, 7) is 5.33. The second-order valence-corrected chi connectivity index (χ2v) is 8.50.